The average Bonchev–Trinajstić information content (AvgIpc) is 1.99. The van der Waals surface area contributed by atoms with Crippen LogP contribution in [0.5, 0.6) is 0 Å². The molecule has 3 nitrogen and oxygen atoms in total. The number of rotatable bonds is 4. The van der Waals surface area contributed by atoms with Crippen LogP contribution < -0.4 is 5.32 Å². The molecule has 0 radical (unpaired) electrons. The molecule has 0 aromatic heterocycles. The van der Waals surface area contributed by atoms with Crippen molar-refractivity contribution in [2.24, 2.45) is 5.10 Å². The summed E-state index contributed by atoms with van der Waals surface area (Å²) in [7, 11) is 3.76. The minimum atomic E-state index is 0.427. The summed E-state index contributed by atoms with van der Waals surface area (Å²) in [5.74, 6) is 0. The number of nitrogens with one attached hydrogen (secondary N) is 1. The highest BCUT2D eigenvalue weighted by molar-refractivity contribution is 5.76. The molecule has 0 aromatic rings. The van der Waals surface area contributed by atoms with Crippen molar-refractivity contribution >= 4 is 6.21 Å². The van der Waals surface area contributed by atoms with Crippen molar-refractivity contribution in [1.29, 1.82) is 0 Å². The van der Waals surface area contributed by atoms with Crippen LogP contribution in [0.4, 0.5) is 0 Å². The Morgan fingerprint density at radius 2 is 2.18 bits per heavy atom. The quantitative estimate of drug-likeness (QED) is 0.485. The smallest absolute Gasteiger partial charge is 0.0695 e. The highest BCUT2D eigenvalue weighted by Gasteiger charge is 1.95. The molecule has 0 rings (SSSR count). The van der Waals surface area contributed by atoms with Crippen molar-refractivity contribution in [3.8, 4) is 0 Å². The molecule has 0 amide bonds. The van der Waals surface area contributed by atoms with Gasteiger partial charge in [-0.25, -0.2) is 0 Å². The highest BCUT2D eigenvalue weighted by atomic mass is 15.4. The molecule has 0 aromatic carbocycles. The van der Waals surface area contributed by atoms with Crippen LogP contribution in [0.25, 0.3) is 0 Å². The fourth-order valence-electron chi connectivity index (χ4n) is 0.359. The van der Waals surface area contributed by atoms with E-state index in [-0.39, 0.29) is 0 Å². The van der Waals surface area contributed by atoms with E-state index < -0.39 is 0 Å². The first-order valence-corrected chi connectivity index (χ1v) is 3.71. The molecule has 0 bridgehead atoms. The van der Waals surface area contributed by atoms with Crippen molar-refractivity contribution < 1.29 is 0 Å². The monoisotopic (exact) mass is 155 g/mol. The second-order valence-corrected chi connectivity index (χ2v) is 2.69. The van der Waals surface area contributed by atoms with Gasteiger partial charge in [-0.05, 0) is 13.8 Å². The summed E-state index contributed by atoms with van der Waals surface area (Å²) in [5, 5.41) is 8.91. The first-order chi connectivity index (χ1) is 5.07. The van der Waals surface area contributed by atoms with Gasteiger partial charge in [0.1, 0.15) is 0 Å². The molecule has 0 spiro atoms. The maximum atomic E-state index is 4.14. The van der Waals surface area contributed by atoms with E-state index in [1.807, 2.05) is 19.1 Å². The summed E-state index contributed by atoms with van der Waals surface area (Å²) >= 11 is 0. The van der Waals surface area contributed by atoms with Crippen LogP contribution in [0.15, 0.2) is 17.4 Å². The maximum Gasteiger partial charge on any atom is 0.0695 e. The van der Waals surface area contributed by atoms with Gasteiger partial charge in [0, 0.05) is 25.8 Å². The first kappa shape index (κ1) is 10.0. The molecular formula is C8H17N3. The summed E-state index contributed by atoms with van der Waals surface area (Å²) in [4.78, 5) is 0. The second kappa shape index (κ2) is 4.77. The van der Waals surface area contributed by atoms with Gasteiger partial charge in [-0.3, -0.25) is 5.01 Å². The van der Waals surface area contributed by atoms with Gasteiger partial charge in [0.05, 0.1) is 6.21 Å². The van der Waals surface area contributed by atoms with E-state index in [0.29, 0.717) is 6.04 Å². The van der Waals surface area contributed by atoms with Gasteiger partial charge in [0.15, 0.2) is 0 Å². The molecule has 0 atom stereocenters. The van der Waals surface area contributed by atoms with Crippen LogP contribution in [-0.4, -0.2) is 31.4 Å². The van der Waals surface area contributed by atoms with Crippen molar-refractivity contribution in [3.05, 3.63) is 12.3 Å². The van der Waals surface area contributed by atoms with Crippen LogP contribution in [0.3, 0.4) is 0 Å². The standard InChI is InChI=1S/C8H17N3/c1-7(2)11(5)10-6-8(3)9-4/h6-7,9H,3H2,1-2,4-5H3/b10-6-. The maximum absolute atomic E-state index is 4.14. The average molecular weight is 155 g/mol. The number of allylic oxidation sites excluding steroid dienone is 1. The third-order valence-electron chi connectivity index (χ3n) is 1.46. The molecule has 1 N–H and O–H groups in total. The number of hydrogen-bond donors (Lipinski definition) is 1. The van der Waals surface area contributed by atoms with Gasteiger partial charge < -0.3 is 5.32 Å². The van der Waals surface area contributed by atoms with Crippen molar-refractivity contribution in [1.82, 2.24) is 10.3 Å². The van der Waals surface area contributed by atoms with Crippen LogP contribution in [0.2, 0.25) is 0 Å². The van der Waals surface area contributed by atoms with E-state index in [4.69, 9.17) is 0 Å². The van der Waals surface area contributed by atoms with E-state index in [0.717, 1.165) is 5.70 Å². The predicted octanol–water partition coefficient (Wildman–Crippen LogP) is 1.05. The highest BCUT2D eigenvalue weighted by Crippen LogP contribution is 1.92. The largest absolute Gasteiger partial charge is 0.387 e. The first-order valence-electron chi connectivity index (χ1n) is 3.71. The molecule has 64 valence electrons. The van der Waals surface area contributed by atoms with Gasteiger partial charge in [-0.2, -0.15) is 5.10 Å². The lowest BCUT2D eigenvalue weighted by Crippen LogP contribution is -2.21. The third-order valence-corrected chi connectivity index (χ3v) is 1.46. The fraction of sp³-hybridized carbons (Fsp3) is 0.625. The zero-order chi connectivity index (χ0) is 8.85. The lowest BCUT2D eigenvalue weighted by molar-refractivity contribution is 0.290. The van der Waals surface area contributed by atoms with Crippen molar-refractivity contribution in [3.63, 3.8) is 0 Å². The predicted molar refractivity (Wildman–Crippen MR) is 49.6 cm³/mol. The zero-order valence-corrected chi connectivity index (χ0v) is 7.76. The number of hydrazone groups is 1. The SMILES string of the molecule is C=C(/C=N\N(C)C(C)C)NC. The van der Waals surface area contributed by atoms with Crippen LogP contribution in [0.1, 0.15) is 13.8 Å². The lowest BCUT2D eigenvalue weighted by atomic mass is 10.4. The molecule has 0 fully saturated rings. The molecule has 0 saturated carbocycles. The van der Waals surface area contributed by atoms with Crippen LogP contribution in [-0.2, 0) is 0 Å². The molecule has 0 aliphatic rings. The van der Waals surface area contributed by atoms with Gasteiger partial charge in [0.25, 0.3) is 0 Å². The Hall–Kier alpha value is -0.990. The molecule has 0 aliphatic heterocycles. The molecular weight excluding hydrogens is 138 g/mol. The second-order valence-electron chi connectivity index (χ2n) is 2.69. The summed E-state index contributed by atoms with van der Waals surface area (Å²) in [6.45, 7) is 7.88. The number of nitrogens with zero attached hydrogens (tertiary/aromatic N) is 2. The Kier molecular flexibility index (Phi) is 4.34. The van der Waals surface area contributed by atoms with Gasteiger partial charge in [-0.15, -0.1) is 0 Å². The fourth-order valence-corrected chi connectivity index (χ4v) is 0.359. The van der Waals surface area contributed by atoms with Gasteiger partial charge in [0.2, 0.25) is 0 Å². The van der Waals surface area contributed by atoms with Crippen LogP contribution >= 0.6 is 0 Å². The minimum absolute atomic E-state index is 0.427. The molecule has 3 heteroatoms. The Morgan fingerprint density at radius 3 is 2.55 bits per heavy atom. The molecule has 11 heavy (non-hydrogen) atoms. The third kappa shape index (κ3) is 4.42. The number of hydrogen-bond acceptors (Lipinski definition) is 3. The van der Waals surface area contributed by atoms with Crippen molar-refractivity contribution in [2.45, 2.75) is 19.9 Å². The Bertz CT molecular complexity index is 149. The summed E-state index contributed by atoms with van der Waals surface area (Å²) < 4.78 is 0. The summed E-state index contributed by atoms with van der Waals surface area (Å²) in [6, 6.07) is 0.427. The van der Waals surface area contributed by atoms with E-state index in [1.54, 1.807) is 6.21 Å². The molecule has 0 unspecified atom stereocenters. The van der Waals surface area contributed by atoms with Gasteiger partial charge in [-0.1, -0.05) is 6.58 Å². The Labute approximate surface area is 68.8 Å². The van der Waals surface area contributed by atoms with Gasteiger partial charge >= 0.3 is 0 Å². The van der Waals surface area contributed by atoms with E-state index in [9.17, 15) is 0 Å². The zero-order valence-electron chi connectivity index (χ0n) is 7.76. The molecule has 0 aliphatic carbocycles. The van der Waals surface area contributed by atoms with Crippen LogP contribution in [0, 0.1) is 0 Å². The van der Waals surface area contributed by atoms with E-state index >= 15 is 0 Å². The minimum Gasteiger partial charge on any atom is -0.387 e. The molecule has 0 heterocycles. The Morgan fingerprint density at radius 1 is 1.64 bits per heavy atom. The summed E-state index contributed by atoms with van der Waals surface area (Å²) in [6.07, 6.45) is 1.71. The van der Waals surface area contributed by atoms with E-state index in [2.05, 4.69) is 30.8 Å². The normalized spacial score (nSPS) is 10.6. The van der Waals surface area contributed by atoms with E-state index in [1.165, 1.54) is 0 Å². The summed E-state index contributed by atoms with van der Waals surface area (Å²) in [5.41, 5.74) is 0.817. The topological polar surface area (TPSA) is 27.6 Å². The lowest BCUT2D eigenvalue weighted by Gasteiger charge is -2.16. The molecule has 0 saturated heterocycles. The van der Waals surface area contributed by atoms with Crippen molar-refractivity contribution in [2.75, 3.05) is 14.1 Å². The Balaban J connectivity index is 3.82.